The molecule has 5 atom stereocenters. The molecule has 0 aromatic carbocycles. The minimum absolute atomic E-state index is 0.0730. The summed E-state index contributed by atoms with van der Waals surface area (Å²) in [7, 11) is 1.65. The predicted molar refractivity (Wildman–Crippen MR) is 50.2 cm³/mol. The van der Waals surface area contributed by atoms with Crippen LogP contribution in [0.25, 0.3) is 0 Å². The van der Waals surface area contributed by atoms with Gasteiger partial charge in [0.15, 0.2) is 6.29 Å². The normalized spacial score (nSPS) is 46.4. The molecule has 0 aliphatic carbocycles. The van der Waals surface area contributed by atoms with Crippen molar-refractivity contribution in [3.05, 3.63) is 0 Å². The second-order valence-electron chi connectivity index (χ2n) is 4.04. The number of ether oxygens (including phenoxy) is 2. The van der Waals surface area contributed by atoms with Gasteiger partial charge in [0.25, 0.3) is 0 Å². The van der Waals surface area contributed by atoms with Crippen LogP contribution in [0.2, 0.25) is 0 Å². The summed E-state index contributed by atoms with van der Waals surface area (Å²) in [5.74, 6) is 1.31. The maximum Gasteiger partial charge on any atom is 0.160 e. The largest absolute Gasteiger partial charge is 0.394 e. The van der Waals surface area contributed by atoms with Crippen LogP contribution in [-0.4, -0.2) is 31.2 Å². The van der Waals surface area contributed by atoms with E-state index in [1.54, 1.807) is 7.11 Å². The van der Waals surface area contributed by atoms with Gasteiger partial charge in [0, 0.05) is 13.0 Å². The summed E-state index contributed by atoms with van der Waals surface area (Å²) in [6.45, 7) is 6.52. The molecule has 2 unspecified atom stereocenters. The summed E-state index contributed by atoms with van der Waals surface area (Å²) in [6.07, 6.45) is -0.237. The molecule has 0 saturated carbocycles. The number of methoxy groups -OCH3 is 1. The van der Waals surface area contributed by atoms with Crippen LogP contribution in [0.5, 0.6) is 0 Å². The van der Waals surface area contributed by atoms with E-state index in [4.69, 9.17) is 14.6 Å². The number of rotatable bonds is 2. The highest BCUT2D eigenvalue weighted by Gasteiger charge is 2.38. The van der Waals surface area contributed by atoms with Crippen LogP contribution in [0.15, 0.2) is 0 Å². The topological polar surface area (TPSA) is 38.7 Å². The summed E-state index contributed by atoms with van der Waals surface area (Å²) in [5.41, 5.74) is 0. The smallest absolute Gasteiger partial charge is 0.160 e. The molecule has 0 spiro atoms. The van der Waals surface area contributed by atoms with Crippen molar-refractivity contribution in [3.63, 3.8) is 0 Å². The molecule has 1 heterocycles. The van der Waals surface area contributed by atoms with Crippen LogP contribution in [0, 0.1) is 17.8 Å². The van der Waals surface area contributed by atoms with E-state index >= 15 is 0 Å². The first-order valence-corrected chi connectivity index (χ1v) is 4.91. The second kappa shape index (κ2) is 4.40. The van der Waals surface area contributed by atoms with Crippen LogP contribution in [0.4, 0.5) is 0 Å². The highest BCUT2D eigenvalue weighted by Crippen LogP contribution is 2.34. The number of hydrogen-bond donors (Lipinski definition) is 1. The summed E-state index contributed by atoms with van der Waals surface area (Å²) in [6, 6.07) is 0. The van der Waals surface area contributed by atoms with Crippen LogP contribution in [-0.2, 0) is 9.47 Å². The highest BCUT2D eigenvalue weighted by atomic mass is 16.7. The molecule has 0 bridgehead atoms. The molecule has 0 aromatic heterocycles. The zero-order valence-corrected chi connectivity index (χ0v) is 8.86. The lowest BCUT2D eigenvalue weighted by atomic mass is 9.79. The summed E-state index contributed by atoms with van der Waals surface area (Å²) >= 11 is 0. The lowest BCUT2D eigenvalue weighted by molar-refractivity contribution is -0.244. The third-order valence-electron chi connectivity index (χ3n) is 3.40. The van der Waals surface area contributed by atoms with E-state index < -0.39 is 0 Å². The minimum atomic E-state index is -0.164. The molecular weight excluding hydrogens is 168 g/mol. The van der Waals surface area contributed by atoms with Crippen LogP contribution < -0.4 is 0 Å². The van der Waals surface area contributed by atoms with Gasteiger partial charge in [0.05, 0.1) is 12.7 Å². The molecule has 3 nitrogen and oxygen atoms in total. The van der Waals surface area contributed by atoms with Crippen molar-refractivity contribution in [1.82, 2.24) is 0 Å². The predicted octanol–water partition coefficient (Wildman–Crippen LogP) is 1.26. The van der Waals surface area contributed by atoms with Gasteiger partial charge < -0.3 is 14.6 Å². The SMILES string of the molecule is CO[C@@H]1OC(CO)[C@H](C)[C@H](C)C1C. The monoisotopic (exact) mass is 188 g/mol. The van der Waals surface area contributed by atoms with Crippen LogP contribution in [0.3, 0.4) is 0 Å². The van der Waals surface area contributed by atoms with E-state index in [0.29, 0.717) is 17.8 Å². The molecule has 0 radical (unpaired) electrons. The molecule has 78 valence electrons. The zero-order chi connectivity index (χ0) is 10.0. The summed E-state index contributed by atoms with van der Waals surface area (Å²) in [4.78, 5) is 0. The maximum absolute atomic E-state index is 9.10. The molecule has 1 N–H and O–H groups in total. The third-order valence-corrected chi connectivity index (χ3v) is 3.40. The van der Waals surface area contributed by atoms with Gasteiger partial charge in [0.2, 0.25) is 0 Å². The molecule has 0 aromatic rings. The Morgan fingerprint density at radius 2 is 1.77 bits per heavy atom. The highest BCUT2D eigenvalue weighted by molar-refractivity contribution is 4.82. The quantitative estimate of drug-likeness (QED) is 0.709. The van der Waals surface area contributed by atoms with Gasteiger partial charge in [-0.2, -0.15) is 0 Å². The van der Waals surface area contributed by atoms with Gasteiger partial charge >= 0.3 is 0 Å². The van der Waals surface area contributed by atoms with Crippen molar-refractivity contribution in [1.29, 1.82) is 0 Å². The second-order valence-corrected chi connectivity index (χ2v) is 4.04. The Kier molecular flexibility index (Phi) is 3.71. The van der Waals surface area contributed by atoms with Gasteiger partial charge in [-0.1, -0.05) is 20.8 Å². The van der Waals surface area contributed by atoms with Gasteiger partial charge in [-0.25, -0.2) is 0 Å². The Labute approximate surface area is 80.0 Å². The lowest BCUT2D eigenvalue weighted by Gasteiger charge is -2.42. The van der Waals surface area contributed by atoms with Gasteiger partial charge in [0.1, 0.15) is 0 Å². The summed E-state index contributed by atoms with van der Waals surface area (Å²) < 4.78 is 10.8. The standard InChI is InChI=1S/C10H20O3/c1-6-7(2)9(5-11)13-10(12-4)8(6)3/h6-11H,5H2,1-4H3/t6-,7+,8?,9?,10+/m0/s1. The molecule has 1 rings (SSSR count). The molecule has 3 heteroatoms. The molecule has 0 amide bonds. The van der Waals surface area contributed by atoms with Crippen LogP contribution >= 0.6 is 0 Å². The minimum Gasteiger partial charge on any atom is -0.394 e. The molecule has 1 aliphatic rings. The van der Waals surface area contributed by atoms with E-state index in [-0.39, 0.29) is 19.0 Å². The molecule has 1 fully saturated rings. The Hall–Kier alpha value is -0.120. The van der Waals surface area contributed by atoms with Crippen LogP contribution in [0.1, 0.15) is 20.8 Å². The first kappa shape index (κ1) is 11.0. The Morgan fingerprint density at radius 3 is 2.23 bits per heavy atom. The van der Waals surface area contributed by atoms with E-state index in [9.17, 15) is 0 Å². The van der Waals surface area contributed by atoms with Crippen molar-refractivity contribution in [2.75, 3.05) is 13.7 Å². The average Bonchev–Trinajstić information content (AvgIpc) is 2.15. The third kappa shape index (κ3) is 2.03. The van der Waals surface area contributed by atoms with E-state index in [1.165, 1.54) is 0 Å². The summed E-state index contributed by atoms with van der Waals surface area (Å²) in [5, 5.41) is 9.10. The molecular formula is C10H20O3. The number of aliphatic hydroxyl groups is 1. The van der Waals surface area contributed by atoms with Crippen molar-refractivity contribution in [3.8, 4) is 0 Å². The Balaban J connectivity index is 2.66. The first-order chi connectivity index (χ1) is 6.11. The van der Waals surface area contributed by atoms with E-state index in [1.807, 2.05) is 0 Å². The molecule has 13 heavy (non-hydrogen) atoms. The van der Waals surface area contributed by atoms with Crippen molar-refractivity contribution < 1.29 is 14.6 Å². The molecule has 1 aliphatic heterocycles. The van der Waals surface area contributed by atoms with Crippen molar-refractivity contribution in [2.45, 2.75) is 33.2 Å². The zero-order valence-electron chi connectivity index (χ0n) is 8.86. The fourth-order valence-corrected chi connectivity index (χ4v) is 1.96. The van der Waals surface area contributed by atoms with E-state index in [2.05, 4.69) is 20.8 Å². The van der Waals surface area contributed by atoms with Gasteiger partial charge in [-0.3, -0.25) is 0 Å². The maximum atomic E-state index is 9.10. The number of aliphatic hydroxyl groups excluding tert-OH is 1. The Morgan fingerprint density at radius 1 is 1.15 bits per heavy atom. The molecule has 1 saturated heterocycles. The number of hydrogen-bond acceptors (Lipinski definition) is 3. The fraction of sp³-hybridized carbons (Fsp3) is 1.00. The van der Waals surface area contributed by atoms with Crippen molar-refractivity contribution in [2.24, 2.45) is 17.8 Å². The fourth-order valence-electron chi connectivity index (χ4n) is 1.96. The van der Waals surface area contributed by atoms with Gasteiger partial charge in [-0.15, -0.1) is 0 Å². The van der Waals surface area contributed by atoms with Crippen molar-refractivity contribution >= 4 is 0 Å². The lowest BCUT2D eigenvalue weighted by Crippen LogP contribution is -2.46. The first-order valence-electron chi connectivity index (χ1n) is 4.91. The van der Waals surface area contributed by atoms with Gasteiger partial charge in [-0.05, 0) is 11.8 Å². The Bertz CT molecular complexity index is 140. The van der Waals surface area contributed by atoms with E-state index in [0.717, 1.165) is 0 Å². The average molecular weight is 188 g/mol.